The van der Waals surface area contributed by atoms with Gasteiger partial charge in [0.05, 0.1) is 24.4 Å². The molecule has 4 nitrogen and oxygen atoms in total. The second-order valence-electron chi connectivity index (χ2n) is 14.0. The third-order valence-corrected chi connectivity index (χ3v) is 11.7. The fraction of sp³-hybridized carbons (Fsp3) is 1.00. The van der Waals surface area contributed by atoms with Gasteiger partial charge in [-0.05, 0) is 143 Å². The molecule has 0 aromatic carbocycles. The number of rotatable bonds is 6. The number of hydrogen-bond donors (Lipinski definition) is 4. The Morgan fingerprint density at radius 2 is 0.829 bits per heavy atom. The van der Waals surface area contributed by atoms with Crippen LogP contribution in [0.3, 0.4) is 0 Å². The van der Waals surface area contributed by atoms with Gasteiger partial charge in [0.15, 0.2) is 0 Å². The molecule has 0 saturated heterocycles. The van der Waals surface area contributed by atoms with Crippen molar-refractivity contribution in [2.45, 2.75) is 136 Å². The first-order valence-electron chi connectivity index (χ1n) is 15.4. The Morgan fingerprint density at radius 1 is 0.486 bits per heavy atom. The lowest BCUT2D eigenvalue weighted by Crippen LogP contribution is -2.46. The van der Waals surface area contributed by atoms with E-state index in [9.17, 15) is 20.4 Å². The molecule has 0 bridgehead atoms. The maximum Gasteiger partial charge on any atom is 0.0596 e. The summed E-state index contributed by atoms with van der Waals surface area (Å²) in [6.07, 6.45) is 13.4. The average Bonchev–Trinajstić information content (AvgIpc) is 2.83. The van der Waals surface area contributed by atoms with Gasteiger partial charge < -0.3 is 20.4 Å². The molecule has 0 aliphatic heterocycles. The van der Waals surface area contributed by atoms with E-state index in [2.05, 4.69) is 27.7 Å². The summed E-state index contributed by atoms with van der Waals surface area (Å²) in [5.41, 5.74) is 0. The zero-order chi connectivity index (χ0) is 25.3. The second kappa shape index (κ2) is 12.1. The molecule has 4 heteroatoms. The Balaban J connectivity index is 1.39. The molecular formula is C31H56O4. The average molecular weight is 493 g/mol. The van der Waals surface area contributed by atoms with E-state index in [4.69, 9.17) is 0 Å². The number of hydrogen-bond acceptors (Lipinski definition) is 4. The summed E-state index contributed by atoms with van der Waals surface area (Å²) < 4.78 is 0. The van der Waals surface area contributed by atoms with Crippen LogP contribution in [0, 0.1) is 59.2 Å². The van der Waals surface area contributed by atoms with E-state index >= 15 is 0 Å². The van der Waals surface area contributed by atoms with E-state index < -0.39 is 0 Å². The Hall–Kier alpha value is -0.160. The molecule has 35 heavy (non-hydrogen) atoms. The molecule has 0 radical (unpaired) electrons. The van der Waals surface area contributed by atoms with Gasteiger partial charge in [0.2, 0.25) is 0 Å². The van der Waals surface area contributed by atoms with Crippen LogP contribution in [-0.4, -0.2) is 44.8 Å². The van der Waals surface area contributed by atoms with E-state index in [1.807, 2.05) is 0 Å². The minimum absolute atomic E-state index is 0.108. The van der Waals surface area contributed by atoms with Crippen molar-refractivity contribution < 1.29 is 20.4 Å². The van der Waals surface area contributed by atoms with Gasteiger partial charge in [-0.15, -0.1) is 0 Å². The molecule has 10 unspecified atom stereocenters. The van der Waals surface area contributed by atoms with Crippen LogP contribution in [-0.2, 0) is 0 Å². The molecule has 4 aliphatic carbocycles. The summed E-state index contributed by atoms with van der Waals surface area (Å²) in [6, 6.07) is 0. The summed E-state index contributed by atoms with van der Waals surface area (Å²) in [5.74, 6) is 5.22. The van der Waals surface area contributed by atoms with Gasteiger partial charge in [-0.3, -0.25) is 0 Å². The van der Waals surface area contributed by atoms with E-state index in [1.54, 1.807) is 0 Å². The maximum absolute atomic E-state index is 11.2. The molecule has 0 aromatic rings. The number of aliphatic hydroxyl groups excluding tert-OH is 4. The minimum Gasteiger partial charge on any atom is -0.393 e. The summed E-state index contributed by atoms with van der Waals surface area (Å²) in [6.45, 7) is 9.35. The molecule has 10 atom stereocenters. The smallest absolute Gasteiger partial charge is 0.0596 e. The van der Waals surface area contributed by atoms with Gasteiger partial charge >= 0.3 is 0 Å². The van der Waals surface area contributed by atoms with E-state index in [0.717, 1.165) is 77.0 Å². The largest absolute Gasteiger partial charge is 0.393 e. The van der Waals surface area contributed by atoms with E-state index in [1.165, 1.54) is 6.42 Å². The standard InChI is InChI=1S/C31H56O4/c1-18-13-24(20(3)28(30(18)34)15-22-5-9-26(32)10-6-22)17-25-14-19(2)31(35)29(21(25)4)16-23-7-11-27(33)12-8-23/h18-35H,5-17H2,1-4H3. The number of aliphatic hydroxyl groups is 4. The van der Waals surface area contributed by atoms with Crippen molar-refractivity contribution >= 4 is 0 Å². The van der Waals surface area contributed by atoms with Gasteiger partial charge in [-0.25, -0.2) is 0 Å². The highest BCUT2D eigenvalue weighted by atomic mass is 16.3. The fourth-order valence-corrected chi connectivity index (χ4v) is 9.08. The summed E-state index contributed by atoms with van der Waals surface area (Å²) >= 11 is 0. The maximum atomic E-state index is 11.2. The van der Waals surface area contributed by atoms with Gasteiger partial charge in [-0.2, -0.15) is 0 Å². The fourth-order valence-electron chi connectivity index (χ4n) is 9.08. The lowest BCUT2D eigenvalue weighted by atomic mass is 9.58. The van der Waals surface area contributed by atoms with Crippen molar-refractivity contribution in [3.05, 3.63) is 0 Å². The van der Waals surface area contributed by atoms with Crippen molar-refractivity contribution in [1.29, 1.82) is 0 Å². The molecule has 4 fully saturated rings. The lowest BCUT2D eigenvalue weighted by molar-refractivity contribution is -0.0738. The highest BCUT2D eigenvalue weighted by Gasteiger charge is 2.45. The molecule has 0 heterocycles. The van der Waals surface area contributed by atoms with Gasteiger partial charge in [0, 0.05) is 0 Å². The Bertz CT molecular complexity index is 584. The zero-order valence-corrected chi connectivity index (χ0v) is 23.1. The lowest BCUT2D eigenvalue weighted by Gasteiger charge is -2.49. The van der Waals surface area contributed by atoms with Crippen LogP contribution in [0.15, 0.2) is 0 Å². The van der Waals surface area contributed by atoms with E-state index in [-0.39, 0.29) is 24.4 Å². The predicted octanol–water partition coefficient (Wildman–Crippen LogP) is 5.80. The first-order chi connectivity index (χ1) is 16.6. The summed E-state index contributed by atoms with van der Waals surface area (Å²) in [5, 5.41) is 42.2. The van der Waals surface area contributed by atoms with Crippen LogP contribution < -0.4 is 0 Å². The van der Waals surface area contributed by atoms with Crippen LogP contribution in [0.2, 0.25) is 0 Å². The molecule has 0 aromatic heterocycles. The molecule has 4 rings (SSSR count). The van der Waals surface area contributed by atoms with Gasteiger partial charge in [0.1, 0.15) is 0 Å². The van der Waals surface area contributed by atoms with Crippen LogP contribution in [0.25, 0.3) is 0 Å². The van der Waals surface area contributed by atoms with Crippen LogP contribution in [0.5, 0.6) is 0 Å². The summed E-state index contributed by atoms with van der Waals surface area (Å²) in [4.78, 5) is 0. The Labute approximate surface area is 215 Å². The third-order valence-electron chi connectivity index (χ3n) is 11.7. The van der Waals surface area contributed by atoms with Crippen LogP contribution in [0.1, 0.15) is 111 Å². The molecule has 0 spiro atoms. The topological polar surface area (TPSA) is 80.9 Å². The van der Waals surface area contributed by atoms with Crippen molar-refractivity contribution in [1.82, 2.24) is 0 Å². The van der Waals surface area contributed by atoms with Crippen molar-refractivity contribution in [2.75, 3.05) is 0 Å². The van der Waals surface area contributed by atoms with Crippen LogP contribution in [0.4, 0.5) is 0 Å². The molecule has 204 valence electrons. The molecule has 4 saturated carbocycles. The zero-order valence-electron chi connectivity index (χ0n) is 23.1. The van der Waals surface area contributed by atoms with Crippen molar-refractivity contribution in [3.63, 3.8) is 0 Å². The highest BCUT2D eigenvalue weighted by molar-refractivity contribution is 4.95. The minimum atomic E-state index is -0.188. The Morgan fingerprint density at radius 3 is 1.17 bits per heavy atom. The normalized spacial score (nSPS) is 51.8. The third kappa shape index (κ3) is 6.65. The highest BCUT2D eigenvalue weighted by Crippen LogP contribution is 2.50. The molecule has 0 amide bonds. The van der Waals surface area contributed by atoms with Crippen LogP contribution >= 0.6 is 0 Å². The first-order valence-corrected chi connectivity index (χ1v) is 15.4. The molecule has 4 N–H and O–H groups in total. The first kappa shape index (κ1) is 27.9. The van der Waals surface area contributed by atoms with Gasteiger partial charge in [0.25, 0.3) is 0 Å². The monoisotopic (exact) mass is 492 g/mol. The van der Waals surface area contributed by atoms with E-state index in [0.29, 0.717) is 59.2 Å². The molecule has 4 aliphatic rings. The summed E-state index contributed by atoms with van der Waals surface area (Å²) in [7, 11) is 0. The van der Waals surface area contributed by atoms with Gasteiger partial charge in [-0.1, -0.05) is 27.7 Å². The second-order valence-corrected chi connectivity index (χ2v) is 14.0. The predicted molar refractivity (Wildman–Crippen MR) is 142 cm³/mol. The Kier molecular flexibility index (Phi) is 9.66. The van der Waals surface area contributed by atoms with Crippen molar-refractivity contribution in [2.24, 2.45) is 59.2 Å². The van der Waals surface area contributed by atoms with Crippen molar-refractivity contribution in [3.8, 4) is 0 Å². The molecular weight excluding hydrogens is 436 g/mol. The SMILES string of the molecule is CC1CC(CC2CC(C)C(O)C(CC3CCC(O)CC3)C2C)C(C)C(CC2CCC(O)CC2)C1O. The quantitative estimate of drug-likeness (QED) is 0.378.